The Morgan fingerprint density at radius 2 is 1.96 bits per heavy atom. The molecule has 0 spiro atoms. The molecule has 1 unspecified atom stereocenters. The Labute approximate surface area is 168 Å². The molecule has 1 aromatic carbocycles. The summed E-state index contributed by atoms with van der Waals surface area (Å²) in [5, 5.41) is 4.59. The van der Waals surface area contributed by atoms with Crippen LogP contribution < -0.4 is 10.2 Å². The number of aromatic nitrogens is 1. The Morgan fingerprint density at radius 3 is 2.67 bits per heavy atom. The number of fused-ring (bicyclic) bond motifs is 4. The molecular formula is C21H28ClN3OSi. The third-order valence-corrected chi connectivity index (χ3v) is 10.9. The van der Waals surface area contributed by atoms with Crippen molar-refractivity contribution in [2.24, 2.45) is 0 Å². The van der Waals surface area contributed by atoms with Crippen molar-refractivity contribution in [1.29, 1.82) is 0 Å². The highest BCUT2D eigenvalue weighted by Crippen LogP contribution is 2.41. The van der Waals surface area contributed by atoms with E-state index in [2.05, 4.69) is 56.2 Å². The van der Waals surface area contributed by atoms with Crippen molar-refractivity contribution in [2.45, 2.75) is 51.0 Å². The van der Waals surface area contributed by atoms with E-state index in [1.165, 1.54) is 5.69 Å². The molecular weight excluding hydrogens is 374 g/mol. The smallest absolute Gasteiger partial charge is 0.192 e. The lowest BCUT2D eigenvalue weighted by molar-refractivity contribution is 0.192. The number of anilines is 2. The number of nitrogens with one attached hydrogen (secondary N) is 1. The van der Waals surface area contributed by atoms with Crippen molar-refractivity contribution in [1.82, 2.24) is 4.98 Å². The molecule has 0 saturated carbocycles. The second-order valence-electron chi connectivity index (χ2n) is 9.15. The standard InChI is InChI=1S/C21H28ClN3OSi/c1-21(2,3)27(4,5)26-19-13-25-12-17(19)24-20-18(25)10-9-16(23-20)14-7-6-8-15(22)11-14/h6-11,17,19H,12-13H2,1-5H3,(H,23,24)/t17-,19?/m1/s1. The minimum Gasteiger partial charge on any atom is -0.410 e. The Hall–Kier alpha value is -1.56. The average Bonchev–Trinajstić information content (AvgIpc) is 2.89. The second kappa shape index (κ2) is 6.50. The number of hydrogen-bond acceptors (Lipinski definition) is 4. The number of pyridine rings is 1. The summed E-state index contributed by atoms with van der Waals surface area (Å²) in [4.78, 5) is 7.30. The van der Waals surface area contributed by atoms with Crippen molar-refractivity contribution in [2.75, 3.05) is 23.3 Å². The van der Waals surface area contributed by atoms with Gasteiger partial charge in [-0.1, -0.05) is 44.5 Å². The van der Waals surface area contributed by atoms with E-state index in [-0.39, 0.29) is 17.2 Å². The van der Waals surface area contributed by atoms with Crippen LogP contribution in [0.5, 0.6) is 0 Å². The van der Waals surface area contributed by atoms with Crippen molar-refractivity contribution in [3.05, 3.63) is 41.4 Å². The topological polar surface area (TPSA) is 37.4 Å². The van der Waals surface area contributed by atoms with Gasteiger partial charge in [-0.15, -0.1) is 0 Å². The van der Waals surface area contributed by atoms with Gasteiger partial charge in [0.2, 0.25) is 0 Å². The summed E-state index contributed by atoms with van der Waals surface area (Å²) in [6.07, 6.45) is 0.203. The Bertz CT molecular complexity index is 865. The minimum absolute atomic E-state index is 0.203. The summed E-state index contributed by atoms with van der Waals surface area (Å²) >= 11 is 6.15. The summed E-state index contributed by atoms with van der Waals surface area (Å²) in [5.41, 5.74) is 3.14. The van der Waals surface area contributed by atoms with Gasteiger partial charge in [-0.25, -0.2) is 4.98 Å². The molecule has 1 aromatic heterocycles. The molecule has 27 heavy (non-hydrogen) atoms. The lowest BCUT2D eigenvalue weighted by atomic mass is 10.1. The summed E-state index contributed by atoms with van der Waals surface area (Å²) < 4.78 is 6.73. The Kier molecular flexibility index (Phi) is 4.52. The fourth-order valence-electron chi connectivity index (χ4n) is 3.58. The third-order valence-electron chi connectivity index (χ3n) is 6.18. The number of benzene rings is 1. The molecule has 3 heterocycles. The zero-order chi connectivity index (χ0) is 19.4. The fourth-order valence-corrected chi connectivity index (χ4v) is 5.12. The number of nitrogens with zero attached hydrogens (tertiary/aromatic N) is 2. The first-order valence-corrected chi connectivity index (χ1v) is 12.9. The third kappa shape index (κ3) is 3.48. The quantitative estimate of drug-likeness (QED) is 0.698. The first kappa shape index (κ1) is 18.8. The van der Waals surface area contributed by atoms with E-state index >= 15 is 0 Å². The van der Waals surface area contributed by atoms with Crippen molar-refractivity contribution in [3.8, 4) is 11.3 Å². The molecule has 4 rings (SSSR count). The largest absolute Gasteiger partial charge is 0.410 e. The van der Waals surface area contributed by atoms with Gasteiger partial charge in [0.25, 0.3) is 0 Å². The van der Waals surface area contributed by atoms with E-state index in [0.29, 0.717) is 0 Å². The Morgan fingerprint density at radius 1 is 1.19 bits per heavy atom. The SMILES string of the molecule is CC(C)(C)[Si](C)(C)OC1CN2C[C@H]1Nc1nc(-c3cccc(Cl)c3)ccc12. The number of rotatable bonds is 3. The van der Waals surface area contributed by atoms with Crippen LogP contribution in [0.25, 0.3) is 11.3 Å². The molecule has 0 amide bonds. The molecule has 144 valence electrons. The van der Waals surface area contributed by atoms with Crippen molar-refractivity contribution in [3.63, 3.8) is 0 Å². The van der Waals surface area contributed by atoms with E-state index in [1.807, 2.05) is 24.3 Å². The molecule has 6 heteroatoms. The summed E-state index contributed by atoms with van der Waals surface area (Å²) in [5.74, 6) is 0.949. The number of hydrogen-bond donors (Lipinski definition) is 1. The molecule has 1 N–H and O–H groups in total. The van der Waals surface area contributed by atoms with E-state index in [4.69, 9.17) is 21.0 Å². The van der Waals surface area contributed by atoms with Crippen LogP contribution >= 0.6 is 11.6 Å². The number of halogens is 1. The summed E-state index contributed by atoms with van der Waals surface area (Å²) in [6.45, 7) is 13.4. The van der Waals surface area contributed by atoms with E-state index in [1.54, 1.807) is 0 Å². The molecule has 2 atom stereocenters. The van der Waals surface area contributed by atoms with Gasteiger partial charge in [-0.3, -0.25) is 0 Å². The molecule has 2 aliphatic heterocycles. The lowest BCUT2D eigenvalue weighted by Gasteiger charge is -2.39. The van der Waals surface area contributed by atoms with Crippen LogP contribution in [0.2, 0.25) is 23.2 Å². The average molecular weight is 402 g/mol. The monoisotopic (exact) mass is 401 g/mol. The lowest BCUT2D eigenvalue weighted by Crippen LogP contribution is -2.48. The van der Waals surface area contributed by atoms with Crippen molar-refractivity contribution < 1.29 is 4.43 Å². The highest BCUT2D eigenvalue weighted by molar-refractivity contribution is 6.74. The summed E-state index contributed by atoms with van der Waals surface area (Å²) in [6, 6.07) is 12.4. The zero-order valence-corrected chi connectivity index (χ0v) is 18.5. The van der Waals surface area contributed by atoms with Gasteiger partial charge in [0.15, 0.2) is 14.1 Å². The predicted molar refractivity (Wildman–Crippen MR) is 116 cm³/mol. The normalized spacial score (nSPS) is 21.8. The van der Waals surface area contributed by atoms with Crippen LogP contribution in [0, 0.1) is 0 Å². The first-order valence-electron chi connectivity index (χ1n) is 9.60. The van der Waals surface area contributed by atoms with Gasteiger partial charge in [-0.2, -0.15) is 0 Å². The van der Waals surface area contributed by atoms with E-state index < -0.39 is 8.32 Å². The van der Waals surface area contributed by atoms with E-state index in [9.17, 15) is 0 Å². The fraction of sp³-hybridized carbons (Fsp3) is 0.476. The van der Waals surface area contributed by atoms with Crippen LogP contribution in [0.15, 0.2) is 36.4 Å². The van der Waals surface area contributed by atoms with Gasteiger partial charge in [-0.05, 0) is 42.4 Å². The van der Waals surface area contributed by atoms with Crippen LogP contribution in [-0.2, 0) is 4.43 Å². The first-order chi connectivity index (χ1) is 12.6. The zero-order valence-electron chi connectivity index (χ0n) is 16.7. The van der Waals surface area contributed by atoms with Crippen LogP contribution in [0.4, 0.5) is 11.5 Å². The van der Waals surface area contributed by atoms with Crippen LogP contribution in [0.3, 0.4) is 0 Å². The van der Waals surface area contributed by atoms with Gasteiger partial charge in [0, 0.05) is 23.7 Å². The van der Waals surface area contributed by atoms with Crippen molar-refractivity contribution >= 4 is 31.4 Å². The molecule has 1 fully saturated rings. The Balaban J connectivity index is 1.58. The maximum atomic E-state index is 6.73. The van der Waals surface area contributed by atoms with Gasteiger partial charge >= 0.3 is 0 Å². The molecule has 2 aromatic rings. The molecule has 0 aliphatic carbocycles. The highest BCUT2D eigenvalue weighted by Gasteiger charge is 2.45. The van der Waals surface area contributed by atoms with E-state index in [0.717, 1.165) is 35.2 Å². The minimum atomic E-state index is -1.80. The van der Waals surface area contributed by atoms with Gasteiger partial charge in [0.05, 0.1) is 23.5 Å². The van der Waals surface area contributed by atoms with Crippen LogP contribution in [0.1, 0.15) is 20.8 Å². The molecule has 4 nitrogen and oxygen atoms in total. The molecule has 1 saturated heterocycles. The van der Waals surface area contributed by atoms with Gasteiger partial charge < -0.3 is 14.6 Å². The summed E-state index contributed by atoms with van der Waals surface area (Å²) in [7, 11) is -1.80. The maximum absolute atomic E-state index is 6.73. The molecule has 2 aliphatic rings. The maximum Gasteiger partial charge on any atom is 0.192 e. The second-order valence-corrected chi connectivity index (χ2v) is 14.3. The highest BCUT2D eigenvalue weighted by atomic mass is 35.5. The molecule has 2 bridgehead atoms. The van der Waals surface area contributed by atoms with Gasteiger partial charge in [0.1, 0.15) is 0 Å². The predicted octanol–water partition coefficient (Wildman–Crippen LogP) is 5.41. The van der Waals surface area contributed by atoms with Crippen LogP contribution in [-0.4, -0.2) is 38.5 Å². The molecule has 0 radical (unpaired) electrons.